The molecule has 0 aromatic rings. The zero-order valence-electron chi connectivity index (χ0n) is 7.49. The monoisotopic (exact) mass is 196 g/mol. The normalized spacial score (nSPS) is 32.1. The number of hydrogen-bond acceptors (Lipinski definition) is 2. The summed E-state index contributed by atoms with van der Waals surface area (Å²) in [6.45, 7) is 2.11. The summed E-state index contributed by atoms with van der Waals surface area (Å²) in [4.78, 5) is 12.1. The molecule has 1 N–H and O–H groups in total. The molecule has 0 amide bonds. The minimum Gasteiger partial charge on any atom is -0.481 e. The van der Waals surface area contributed by atoms with Gasteiger partial charge in [-0.3, -0.25) is 4.79 Å². The molecule has 0 saturated heterocycles. The van der Waals surface area contributed by atoms with Gasteiger partial charge in [0.05, 0.1) is 5.92 Å². The molecule has 2 nitrogen and oxygen atoms in total. The Kier molecular flexibility index (Phi) is 2.20. The Morgan fingerprint density at radius 2 is 2.46 bits per heavy atom. The first kappa shape index (κ1) is 8.88. The molecule has 13 heavy (non-hydrogen) atoms. The summed E-state index contributed by atoms with van der Waals surface area (Å²) in [7, 11) is 0. The van der Waals surface area contributed by atoms with E-state index < -0.39 is 5.97 Å². The molecule has 0 radical (unpaired) electrons. The Hall–Kier alpha value is -0.700. The topological polar surface area (TPSA) is 37.3 Å². The molecule has 1 aliphatic heterocycles. The molecule has 0 aromatic heterocycles. The minimum absolute atomic E-state index is 0.236. The average molecular weight is 196 g/mol. The number of thioether (sulfide) groups is 1. The molecule has 0 bridgehead atoms. The quantitative estimate of drug-likeness (QED) is 0.699. The highest BCUT2D eigenvalue weighted by atomic mass is 32.2. The Balaban J connectivity index is 2.34. The van der Waals surface area contributed by atoms with Crippen LogP contribution in [0, 0.1) is 11.8 Å². The number of aliphatic carboxylic acids is 1. The number of carboxylic acids is 1. The van der Waals surface area contributed by atoms with E-state index in [0.717, 1.165) is 12.0 Å². The predicted octanol–water partition coefficient (Wildman–Crippen LogP) is 2.28. The first-order valence-corrected chi connectivity index (χ1v) is 5.45. The zero-order valence-corrected chi connectivity index (χ0v) is 8.30. The second kappa shape index (κ2) is 3.22. The number of carboxylic acid groups (broad SMARTS) is 1. The van der Waals surface area contributed by atoms with Crippen LogP contribution in [-0.2, 0) is 4.79 Å². The Bertz CT molecular complexity index is 304. The van der Waals surface area contributed by atoms with Crippen molar-refractivity contribution in [3.05, 3.63) is 22.6 Å². The fourth-order valence-electron chi connectivity index (χ4n) is 1.96. The molecule has 0 spiro atoms. The van der Waals surface area contributed by atoms with Gasteiger partial charge in [0, 0.05) is 10.7 Å². The molecule has 2 aliphatic rings. The van der Waals surface area contributed by atoms with Crippen LogP contribution in [0.15, 0.2) is 22.6 Å². The van der Waals surface area contributed by atoms with E-state index in [0.29, 0.717) is 11.7 Å². The van der Waals surface area contributed by atoms with Crippen molar-refractivity contribution in [2.24, 2.45) is 11.8 Å². The number of allylic oxidation sites excluding steroid dienone is 2. The van der Waals surface area contributed by atoms with Crippen molar-refractivity contribution in [2.75, 3.05) is 5.75 Å². The molecule has 0 aromatic carbocycles. The van der Waals surface area contributed by atoms with Crippen LogP contribution in [-0.4, -0.2) is 16.8 Å². The van der Waals surface area contributed by atoms with Crippen LogP contribution < -0.4 is 0 Å². The van der Waals surface area contributed by atoms with E-state index >= 15 is 0 Å². The second-order valence-corrected chi connectivity index (χ2v) is 4.62. The van der Waals surface area contributed by atoms with E-state index in [-0.39, 0.29) is 5.92 Å². The van der Waals surface area contributed by atoms with Gasteiger partial charge in [0.15, 0.2) is 0 Å². The second-order valence-electron chi connectivity index (χ2n) is 3.56. The van der Waals surface area contributed by atoms with Gasteiger partial charge in [-0.05, 0) is 17.9 Å². The molecular weight excluding hydrogens is 184 g/mol. The van der Waals surface area contributed by atoms with Crippen molar-refractivity contribution in [1.29, 1.82) is 0 Å². The zero-order chi connectivity index (χ0) is 9.42. The van der Waals surface area contributed by atoms with Crippen molar-refractivity contribution in [1.82, 2.24) is 0 Å². The molecule has 0 fully saturated rings. The third-order valence-corrected chi connectivity index (χ3v) is 3.84. The first-order chi connectivity index (χ1) is 6.20. The van der Waals surface area contributed by atoms with Crippen LogP contribution in [0.25, 0.3) is 0 Å². The van der Waals surface area contributed by atoms with Crippen LogP contribution in [0.4, 0.5) is 0 Å². The standard InChI is InChI=1S/C10H12O2S/c1-6-3-2-4-8-9(6)7(5-13-8)10(11)12/h2,4,6-7H,3,5H2,1H3,(H,11,12). The maximum absolute atomic E-state index is 10.9. The van der Waals surface area contributed by atoms with Gasteiger partial charge in [-0.1, -0.05) is 19.1 Å². The van der Waals surface area contributed by atoms with E-state index in [1.54, 1.807) is 11.8 Å². The summed E-state index contributed by atoms with van der Waals surface area (Å²) in [6.07, 6.45) is 5.20. The number of carbonyl (C=O) groups is 1. The minimum atomic E-state index is -0.667. The van der Waals surface area contributed by atoms with Gasteiger partial charge in [0.25, 0.3) is 0 Å². The third-order valence-electron chi connectivity index (χ3n) is 2.65. The van der Waals surface area contributed by atoms with Crippen molar-refractivity contribution < 1.29 is 9.90 Å². The lowest BCUT2D eigenvalue weighted by atomic mass is 9.85. The summed E-state index contributed by atoms with van der Waals surface area (Å²) >= 11 is 1.68. The maximum atomic E-state index is 10.9. The first-order valence-electron chi connectivity index (χ1n) is 4.46. The summed E-state index contributed by atoms with van der Waals surface area (Å²) < 4.78 is 0. The molecule has 3 heteroatoms. The van der Waals surface area contributed by atoms with E-state index in [9.17, 15) is 4.79 Å². The molecule has 2 atom stereocenters. The lowest BCUT2D eigenvalue weighted by Crippen LogP contribution is -2.20. The maximum Gasteiger partial charge on any atom is 0.311 e. The van der Waals surface area contributed by atoms with Crippen LogP contribution in [0.1, 0.15) is 13.3 Å². The summed E-state index contributed by atoms with van der Waals surface area (Å²) in [5.74, 6) is 0.227. The van der Waals surface area contributed by atoms with Gasteiger partial charge in [-0.25, -0.2) is 0 Å². The van der Waals surface area contributed by atoms with Gasteiger partial charge in [0.2, 0.25) is 0 Å². The van der Waals surface area contributed by atoms with E-state index in [1.165, 1.54) is 4.91 Å². The Morgan fingerprint density at radius 3 is 3.15 bits per heavy atom. The summed E-state index contributed by atoms with van der Waals surface area (Å²) in [5.41, 5.74) is 1.15. The van der Waals surface area contributed by atoms with Crippen molar-refractivity contribution in [2.45, 2.75) is 13.3 Å². The smallest absolute Gasteiger partial charge is 0.311 e. The van der Waals surface area contributed by atoms with Crippen LogP contribution >= 0.6 is 11.8 Å². The van der Waals surface area contributed by atoms with Crippen LogP contribution in [0.3, 0.4) is 0 Å². The summed E-state index contributed by atoms with van der Waals surface area (Å²) in [6, 6.07) is 0. The van der Waals surface area contributed by atoms with Crippen molar-refractivity contribution >= 4 is 17.7 Å². The van der Waals surface area contributed by atoms with E-state index in [1.807, 2.05) is 0 Å². The van der Waals surface area contributed by atoms with E-state index in [4.69, 9.17) is 5.11 Å². The lowest BCUT2D eigenvalue weighted by molar-refractivity contribution is -0.139. The number of hydrogen-bond donors (Lipinski definition) is 1. The highest BCUT2D eigenvalue weighted by Gasteiger charge is 2.34. The van der Waals surface area contributed by atoms with Gasteiger partial charge in [0.1, 0.15) is 0 Å². The molecule has 1 heterocycles. The predicted molar refractivity (Wildman–Crippen MR) is 53.5 cm³/mol. The van der Waals surface area contributed by atoms with E-state index in [2.05, 4.69) is 19.1 Å². The third kappa shape index (κ3) is 1.41. The van der Waals surface area contributed by atoms with Gasteiger partial charge in [-0.2, -0.15) is 0 Å². The fourth-order valence-corrected chi connectivity index (χ4v) is 3.33. The highest BCUT2D eigenvalue weighted by Crippen LogP contribution is 2.43. The largest absolute Gasteiger partial charge is 0.481 e. The average Bonchev–Trinajstić information content (AvgIpc) is 2.49. The molecular formula is C10H12O2S. The van der Waals surface area contributed by atoms with Gasteiger partial charge >= 0.3 is 5.97 Å². The number of rotatable bonds is 1. The fraction of sp³-hybridized carbons (Fsp3) is 0.500. The van der Waals surface area contributed by atoms with Gasteiger partial charge in [-0.15, -0.1) is 11.8 Å². The van der Waals surface area contributed by atoms with Crippen molar-refractivity contribution in [3.63, 3.8) is 0 Å². The van der Waals surface area contributed by atoms with Gasteiger partial charge < -0.3 is 5.11 Å². The Morgan fingerprint density at radius 1 is 1.69 bits per heavy atom. The summed E-state index contributed by atoms with van der Waals surface area (Å²) in [5, 5.41) is 9.00. The molecule has 2 unspecified atom stereocenters. The highest BCUT2D eigenvalue weighted by molar-refractivity contribution is 8.03. The lowest BCUT2D eigenvalue weighted by Gasteiger charge is -2.19. The van der Waals surface area contributed by atoms with Crippen LogP contribution in [0.2, 0.25) is 0 Å². The molecule has 70 valence electrons. The van der Waals surface area contributed by atoms with Crippen molar-refractivity contribution in [3.8, 4) is 0 Å². The van der Waals surface area contributed by atoms with Crippen LogP contribution in [0.5, 0.6) is 0 Å². The molecule has 2 rings (SSSR count). The molecule has 0 saturated carbocycles. The Labute approximate surface area is 81.7 Å². The SMILES string of the molecule is CC1CC=CC2=C1C(C(=O)O)CS2. The molecule has 1 aliphatic carbocycles.